The number of rotatable bonds is 20. The van der Waals surface area contributed by atoms with Crippen molar-refractivity contribution in [1.82, 2.24) is 0 Å². The van der Waals surface area contributed by atoms with Gasteiger partial charge >= 0.3 is 0 Å². The van der Waals surface area contributed by atoms with E-state index in [1.54, 1.807) is 11.3 Å². The Bertz CT molecular complexity index is 1110. The first kappa shape index (κ1) is 33.6. The van der Waals surface area contributed by atoms with Crippen LogP contribution in [0.1, 0.15) is 100 Å². The third-order valence-electron chi connectivity index (χ3n) is 7.79. The van der Waals surface area contributed by atoms with Gasteiger partial charge in [0.25, 0.3) is 0 Å². The average Bonchev–Trinajstić information content (AvgIpc) is 3.64. The lowest BCUT2D eigenvalue weighted by atomic mass is 9.93. The van der Waals surface area contributed by atoms with E-state index in [0.717, 1.165) is 64.4 Å². The average molecular weight is 617 g/mol. The van der Waals surface area contributed by atoms with Gasteiger partial charge in [-0.05, 0) is 60.2 Å². The molecule has 5 nitrogen and oxygen atoms in total. The van der Waals surface area contributed by atoms with Crippen LogP contribution in [0.3, 0.4) is 0 Å². The summed E-state index contributed by atoms with van der Waals surface area (Å²) < 4.78 is 34.4. The molecule has 0 radical (unpaired) electrons. The number of hydrogen-bond donors (Lipinski definition) is 0. The summed E-state index contributed by atoms with van der Waals surface area (Å²) in [5.41, 5.74) is 1.32. The highest BCUT2D eigenvalue weighted by Gasteiger charge is 2.49. The highest BCUT2D eigenvalue weighted by atomic mass is 32.1. The molecule has 3 aromatic rings. The highest BCUT2D eigenvalue weighted by Crippen LogP contribution is 2.40. The lowest BCUT2D eigenvalue weighted by Gasteiger charge is -2.46. The summed E-state index contributed by atoms with van der Waals surface area (Å²) in [5.74, 6) is 0. The first-order valence-electron chi connectivity index (χ1n) is 16.3. The fourth-order valence-corrected chi connectivity index (χ4v) is 7.43. The summed E-state index contributed by atoms with van der Waals surface area (Å²) in [7, 11) is 0. The summed E-state index contributed by atoms with van der Waals surface area (Å²) >= 11 is 3.66. The second kappa shape index (κ2) is 18.5. The molecule has 1 aliphatic rings. The Kier molecular flexibility index (Phi) is 14.8. The third kappa shape index (κ3) is 9.59. The van der Waals surface area contributed by atoms with Crippen LogP contribution < -0.4 is 0 Å². The van der Waals surface area contributed by atoms with Gasteiger partial charge in [-0.1, -0.05) is 71.6 Å². The molecular formula is C35H52O5S2. The summed E-state index contributed by atoms with van der Waals surface area (Å²) in [6, 6.07) is 13.3. The van der Waals surface area contributed by atoms with Gasteiger partial charge in [-0.2, -0.15) is 0 Å². The Morgan fingerprint density at radius 2 is 1.38 bits per heavy atom. The Morgan fingerprint density at radius 3 is 2.07 bits per heavy atom. The predicted molar refractivity (Wildman–Crippen MR) is 176 cm³/mol. The number of hydrogen-bond acceptors (Lipinski definition) is 7. The van der Waals surface area contributed by atoms with Gasteiger partial charge in [0.1, 0.15) is 30.5 Å². The SMILES string of the molecule is CCCCOC[C@H]1O[C@@H](c2cc(Cc3cc4ccccc4s3)cs2)[C@H](OCCCC)[C@@H](OCCCC)[C@@H]1OCCCC. The Balaban J connectivity index is 1.60. The summed E-state index contributed by atoms with van der Waals surface area (Å²) in [4.78, 5) is 2.58. The number of unbranched alkanes of at least 4 members (excludes halogenated alkanes) is 4. The van der Waals surface area contributed by atoms with Crippen LogP contribution in [0.25, 0.3) is 10.1 Å². The number of benzene rings is 1. The first-order valence-corrected chi connectivity index (χ1v) is 18.0. The minimum atomic E-state index is -0.234. The maximum Gasteiger partial charge on any atom is 0.121 e. The molecular weight excluding hydrogens is 565 g/mol. The molecule has 0 saturated carbocycles. The van der Waals surface area contributed by atoms with Crippen LogP contribution in [-0.4, -0.2) is 57.5 Å². The zero-order valence-corrected chi connectivity index (χ0v) is 27.8. The van der Waals surface area contributed by atoms with Gasteiger partial charge in [-0.25, -0.2) is 0 Å². The van der Waals surface area contributed by atoms with E-state index in [0.29, 0.717) is 26.4 Å². The molecule has 1 saturated heterocycles. The smallest absolute Gasteiger partial charge is 0.121 e. The molecule has 234 valence electrons. The second-order valence-corrected chi connectivity index (χ2v) is 13.5. The molecule has 1 fully saturated rings. The van der Waals surface area contributed by atoms with Crippen LogP contribution >= 0.6 is 22.7 Å². The van der Waals surface area contributed by atoms with E-state index < -0.39 is 0 Å². The normalized spacial score (nSPS) is 22.7. The van der Waals surface area contributed by atoms with Gasteiger partial charge in [0.2, 0.25) is 0 Å². The number of fused-ring (bicyclic) bond motifs is 1. The summed E-state index contributed by atoms with van der Waals surface area (Å²) in [5, 5.41) is 3.61. The fourth-order valence-electron chi connectivity index (χ4n) is 5.35. The molecule has 4 rings (SSSR count). The standard InChI is InChI=1S/C35H52O5S2/c1-5-9-17-36-24-29-32(37-18-10-6-2)34(38-19-11-7-3)35(39-20-12-8-4)33(40-29)31-22-26(25-41-31)21-28-23-27-15-13-14-16-30(27)42-28/h13-16,22-23,25,29,32-35H,5-12,17-21,24H2,1-4H3/t29-,32-,33+,34+,35+/m1/s1. The van der Waals surface area contributed by atoms with Crippen molar-refractivity contribution in [2.24, 2.45) is 0 Å². The maximum absolute atomic E-state index is 6.95. The third-order valence-corrected chi connectivity index (χ3v) is 9.95. The monoisotopic (exact) mass is 616 g/mol. The van der Waals surface area contributed by atoms with Crippen LogP contribution in [0.15, 0.2) is 41.8 Å². The molecule has 0 aliphatic carbocycles. The van der Waals surface area contributed by atoms with E-state index in [2.05, 4.69) is 69.5 Å². The van der Waals surface area contributed by atoms with Crippen LogP contribution in [-0.2, 0) is 30.1 Å². The van der Waals surface area contributed by atoms with E-state index in [1.165, 1.54) is 25.4 Å². The van der Waals surface area contributed by atoms with E-state index in [4.69, 9.17) is 23.7 Å². The molecule has 5 atom stereocenters. The summed E-state index contributed by atoms with van der Waals surface area (Å²) in [6.45, 7) is 12.1. The highest BCUT2D eigenvalue weighted by molar-refractivity contribution is 7.19. The lowest BCUT2D eigenvalue weighted by molar-refractivity contribution is -0.267. The predicted octanol–water partition coefficient (Wildman–Crippen LogP) is 9.37. The lowest BCUT2D eigenvalue weighted by Crippen LogP contribution is -2.58. The van der Waals surface area contributed by atoms with Crippen LogP contribution in [0.5, 0.6) is 0 Å². The quantitative estimate of drug-likeness (QED) is 0.118. The molecule has 0 spiro atoms. The van der Waals surface area contributed by atoms with Crippen molar-refractivity contribution in [1.29, 1.82) is 0 Å². The molecule has 2 aromatic heterocycles. The van der Waals surface area contributed by atoms with Crippen LogP contribution in [0, 0.1) is 0 Å². The van der Waals surface area contributed by atoms with Crippen molar-refractivity contribution in [2.45, 2.75) is 116 Å². The second-order valence-electron chi connectivity index (χ2n) is 11.4. The van der Waals surface area contributed by atoms with Crippen molar-refractivity contribution in [3.8, 4) is 0 Å². The first-order chi connectivity index (χ1) is 20.7. The molecule has 42 heavy (non-hydrogen) atoms. The molecule has 0 N–H and O–H groups in total. The van der Waals surface area contributed by atoms with E-state index in [9.17, 15) is 0 Å². The topological polar surface area (TPSA) is 46.2 Å². The zero-order chi connectivity index (χ0) is 29.6. The summed E-state index contributed by atoms with van der Waals surface area (Å²) in [6.07, 6.45) is 8.27. The van der Waals surface area contributed by atoms with Crippen molar-refractivity contribution >= 4 is 32.8 Å². The minimum absolute atomic E-state index is 0.211. The molecule has 1 aromatic carbocycles. The van der Waals surface area contributed by atoms with E-state index in [-0.39, 0.29) is 30.5 Å². The van der Waals surface area contributed by atoms with Gasteiger partial charge in [-0.15, -0.1) is 22.7 Å². The molecule has 3 heterocycles. The molecule has 1 aliphatic heterocycles. The molecule has 0 amide bonds. The fraction of sp³-hybridized carbons (Fsp3) is 0.657. The number of ether oxygens (including phenoxy) is 5. The van der Waals surface area contributed by atoms with Gasteiger partial charge in [-0.3, -0.25) is 0 Å². The van der Waals surface area contributed by atoms with Crippen LogP contribution in [0.2, 0.25) is 0 Å². The minimum Gasteiger partial charge on any atom is -0.379 e. The van der Waals surface area contributed by atoms with Crippen molar-refractivity contribution < 1.29 is 23.7 Å². The zero-order valence-electron chi connectivity index (χ0n) is 26.2. The number of thiophene rings is 2. The van der Waals surface area contributed by atoms with Crippen molar-refractivity contribution in [2.75, 3.05) is 33.0 Å². The van der Waals surface area contributed by atoms with Gasteiger partial charge in [0.05, 0.1) is 6.61 Å². The van der Waals surface area contributed by atoms with Gasteiger partial charge in [0, 0.05) is 47.3 Å². The maximum atomic E-state index is 6.95. The Morgan fingerprint density at radius 1 is 0.738 bits per heavy atom. The van der Waals surface area contributed by atoms with Gasteiger partial charge in [0.15, 0.2) is 0 Å². The molecule has 0 unspecified atom stereocenters. The molecule has 0 bridgehead atoms. The Hall–Kier alpha value is -1.32. The van der Waals surface area contributed by atoms with Crippen LogP contribution in [0.4, 0.5) is 0 Å². The molecule has 7 heteroatoms. The van der Waals surface area contributed by atoms with Crippen molar-refractivity contribution in [3.05, 3.63) is 57.1 Å². The van der Waals surface area contributed by atoms with Gasteiger partial charge < -0.3 is 23.7 Å². The van der Waals surface area contributed by atoms with E-state index >= 15 is 0 Å². The largest absolute Gasteiger partial charge is 0.379 e. The van der Waals surface area contributed by atoms with E-state index in [1.807, 2.05) is 11.3 Å². The van der Waals surface area contributed by atoms with Crippen molar-refractivity contribution in [3.63, 3.8) is 0 Å². The Labute approximate surface area is 261 Å².